The number of furan rings is 3. The smallest absolute Gasteiger partial charge is 0.142 e. The van der Waals surface area contributed by atoms with Gasteiger partial charge in [-0.1, -0.05) is 355 Å². The molecule has 0 fully saturated rings. The Morgan fingerprint density at radius 2 is 0.419 bits per heavy atom. The number of fused-ring (bicyclic) bond motifs is 23. The van der Waals surface area contributed by atoms with Crippen LogP contribution >= 0.6 is 0 Å². The molecular formula is C136H104N6O3Si3. The summed E-state index contributed by atoms with van der Waals surface area (Å²) in [7, 11) is -6.73. The number of anilines is 18. The van der Waals surface area contributed by atoms with Gasteiger partial charge in [-0.3, -0.25) is 0 Å². The summed E-state index contributed by atoms with van der Waals surface area (Å²) in [5, 5.41) is 21.7. The van der Waals surface area contributed by atoms with E-state index in [9.17, 15) is 0 Å². The van der Waals surface area contributed by atoms with Gasteiger partial charge in [0.15, 0.2) is 0 Å². The summed E-state index contributed by atoms with van der Waals surface area (Å²) in [5.41, 5.74) is 27.0. The molecule has 0 saturated heterocycles. The molecule has 28 rings (SSSR count). The number of para-hydroxylation sites is 12. The lowest BCUT2D eigenvalue weighted by atomic mass is 9.99. The third-order valence-electron chi connectivity index (χ3n) is 30.3. The first-order valence-electron chi connectivity index (χ1n) is 51.0. The molecule has 12 heteroatoms. The van der Waals surface area contributed by atoms with Crippen LogP contribution in [0.25, 0.3) is 110 Å². The molecule has 148 heavy (non-hydrogen) atoms. The second kappa shape index (κ2) is 37.0. The molecule has 3 aliphatic heterocycles. The van der Waals surface area contributed by atoms with Crippen LogP contribution in [0, 0.1) is 0 Å². The van der Waals surface area contributed by atoms with Crippen molar-refractivity contribution in [3.8, 4) is 34.0 Å². The molecule has 0 radical (unpaired) electrons. The standard InChI is InChI=1S/C48H36N2OSi.2C44H34N2OSi/c1-52(2)44-32-42(50(35-23-11-5-12-24-35)36-25-13-6-14-26-36)38-28-16-18-30-40(38)46(44)47-48(52)45-39-29-17-15-27-37(39)41(31-43(45)51-47)49(33-19-7-3-8-20-33)34-21-9-4-10-22-34;1-48(2)41-29-35(45(31-17-7-3-8-18-31)32-19-9-4-10-20-32)27-28-38(41)43-44(48)39-30-40(36-25-15-16-26-37(36)42(39)47-43)46(33-21-11-5-12-22-33)34-23-13-6-14-24-34;1-48(2)41-30-39(46(33-21-11-5-12-22-33)34-23-13-6-14-24-34)36-25-15-16-26-37(36)42(41)43-44(48)38-28-27-35(29-40(38)47-43)45(31-17-7-3-8-18-31)32-19-9-4-10-20-32/h3-32H,1-2H3;2*3-30H,1-2H3. The molecule has 0 aliphatic carbocycles. The molecule has 0 unspecified atom stereocenters. The number of hydrogen-bond acceptors (Lipinski definition) is 9. The topological polar surface area (TPSA) is 58.9 Å². The van der Waals surface area contributed by atoms with E-state index in [1.54, 1.807) is 0 Å². The van der Waals surface area contributed by atoms with Crippen LogP contribution in [0.2, 0.25) is 39.3 Å². The SMILES string of the molecule is C[Si]1(C)c2cc(N(c3ccccc3)c3ccccc3)c3ccccc3c2-c2oc3cc(N(c4ccccc4)c4ccccc4)c4ccccc4c3c21.C[Si]1(C)c2cc(N(c3ccccc3)c3ccccc3)c3ccccc3c2-c2oc3cc(N(c4ccccc4)c4ccccc4)ccc3c21.C[Si]1(C)c2cc(N(c3ccccc3)c3ccccc3)ccc2-c2oc3c(cc(N(c4ccccc4)c4ccccc4)c4ccccc43)c21. The fourth-order valence-electron chi connectivity index (χ4n) is 23.7. The lowest BCUT2D eigenvalue weighted by Gasteiger charge is -2.29. The van der Waals surface area contributed by atoms with E-state index >= 15 is 0 Å². The van der Waals surface area contributed by atoms with Crippen molar-refractivity contribution < 1.29 is 13.3 Å². The van der Waals surface area contributed by atoms with Crippen LogP contribution in [0.15, 0.2) is 535 Å². The molecule has 6 heterocycles. The number of rotatable bonds is 18. The number of hydrogen-bond donors (Lipinski definition) is 0. The molecule has 0 saturated carbocycles. The van der Waals surface area contributed by atoms with E-state index in [2.05, 4.69) is 590 Å². The Morgan fingerprint density at radius 1 is 0.162 bits per heavy atom. The van der Waals surface area contributed by atoms with Crippen LogP contribution in [0.5, 0.6) is 0 Å². The third kappa shape index (κ3) is 15.2. The van der Waals surface area contributed by atoms with Gasteiger partial charge in [0.1, 0.15) is 58.3 Å². The Kier molecular flexibility index (Phi) is 22.5. The maximum absolute atomic E-state index is 7.22. The van der Waals surface area contributed by atoms with Crippen molar-refractivity contribution in [2.24, 2.45) is 0 Å². The van der Waals surface area contributed by atoms with Gasteiger partial charge < -0.3 is 42.7 Å². The van der Waals surface area contributed by atoms with Gasteiger partial charge >= 0.3 is 0 Å². The molecule has 0 atom stereocenters. The second-order valence-electron chi connectivity index (χ2n) is 40.1. The van der Waals surface area contributed by atoms with Crippen LogP contribution in [-0.2, 0) is 0 Å². The summed E-state index contributed by atoms with van der Waals surface area (Å²) in [6, 6.07) is 187. The lowest BCUT2D eigenvalue weighted by Crippen LogP contribution is -2.49. The van der Waals surface area contributed by atoms with Gasteiger partial charge in [-0.15, -0.1) is 0 Å². The Labute approximate surface area is 864 Å². The van der Waals surface area contributed by atoms with Crippen LogP contribution in [-0.4, -0.2) is 24.2 Å². The van der Waals surface area contributed by atoms with Crippen molar-refractivity contribution in [3.05, 3.63) is 522 Å². The zero-order valence-corrected chi connectivity index (χ0v) is 86.1. The van der Waals surface area contributed by atoms with Gasteiger partial charge in [0.05, 0.1) is 22.7 Å². The minimum absolute atomic E-state index is 0.934. The highest BCUT2D eigenvalue weighted by molar-refractivity contribution is 7.07. The maximum Gasteiger partial charge on any atom is 0.142 e. The summed E-state index contributed by atoms with van der Waals surface area (Å²) in [6.45, 7) is 14.9. The van der Waals surface area contributed by atoms with E-state index < -0.39 is 24.2 Å². The number of nitrogens with zero attached hydrogens (tertiary/aromatic N) is 6. The molecular weight excluding hydrogens is 1850 g/mol. The van der Waals surface area contributed by atoms with E-state index in [1.165, 1.54) is 113 Å². The molecule has 9 nitrogen and oxygen atoms in total. The Bertz CT molecular complexity index is 9070. The Morgan fingerprint density at radius 3 is 0.784 bits per heavy atom. The van der Waals surface area contributed by atoms with Crippen LogP contribution in [0.1, 0.15) is 0 Å². The molecule has 0 bridgehead atoms. The predicted molar refractivity (Wildman–Crippen MR) is 633 cm³/mol. The second-order valence-corrected chi connectivity index (χ2v) is 53.0. The zero-order valence-electron chi connectivity index (χ0n) is 83.1. The van der Waals surface area contributed by atoms with E-state index in [0.29, 0.717) is 0 Å². The average molecular weight is 1950 g/mol. The molecule has 22 aromatic carbocycles. The van der Waals surface area contributed by atoms with Gasteiger partial charge in [0, 0.05) is 152 Å². The van der Waals surface area contributed by atoms with E-state index in [0.717, 1.165) is 130 Å². The first kappa shape index (κ1) is 90.0. The first-order valence-corrected chi connectivity index (χ1v) is 60.0. The summed E-state index contributed by atoms with van der Waals surface area (Å²) in [4.78, 5) is 14.2. The van der Waals surface area contributed by atoms with Crippen molar-refractivity contribution in [1.29, 1.82) is 0 Å². The molecule has 25 aromatic rings. The maximum atomic E-state index is 7.22. The highest BCUT2D eigenvalue weighted by atomic mass is 28.3. The molecule has 0 spiro atoms. The number of benzene rings is 22. The summed E-state index contributed by atoms with van der Waals surface area (Å²) < 4.78 is 21.2. The summed E-state index contributed by atoms with van der Waals surface area (Å²) in [6.07, 6.45) is 0. The Balaban J connectivity index is 0.000000112. The van der Waals surface area contributed by atoms with Gasteiger partial charge in [-0.05, 0) is 241 Å². The fraction of sp³-hybridized carbons (Fsp3) is 0.0441. The highest BCUT2D eigenvalue weighted by Gasteiger charge is 2.48. The van der Waals surface area contributed by atoms with Crippen molar-refractivity contribution >= 4 is 234 Å². The van der Waals surface area contributed by atoms with Crippen LogP contribution < -0.4 is 60.5 Å². The van der Waals surface area contributed by atoms with E-state index in [1.807, 2.05) is 0 Å². The Hall–Kier alpha value is -18.0. The molecule has 0 N–H and O–H groups in total. The third-order valence-corrected chi connectivity index (χ3v) is 40.8. The quantitative estimate of drug-likeness (QED) is 0.0782. The van der Waals surface area contributed by atoms with Crippen molar-refractivity contribution in [1.82, 2.24) is 0 Å². The van der Waals surface area contributed by atoms with Crippen molar-refractivity contribution in [3.63, 3.8) is 0 Å². The fourth-order valence-corrected chi connectivity index (χ4v) is 33.5. The monoisotopic (exact) mass is 1950 g/mol. The minimum atomic E-state index is -2.31. The van der Waals surface area contributed by atoms with Gasteiger partial charge in [0.25, 0.3) is 0 Å². The van der Waals surface area contributed by atoms with Crippen LogP contribution in [0.3, 0.4) is 0 Å². The molecule has 3 aromatic heterocycles. The molecule has 708 valence electrons. The lowest BCUT2D eigenvalue weighted by molar-refractivity contribution is 0.635. The van der Waals surface area contributed by atoms with Gasteiger partial charge in [0.2, 0.25) is 0 Å². The molecule has 3 aliphatic rings. The average Bonchev–Trinajstić information content (AvgIpc) is 1.52. The van der Waals surface area contributed by atoms with E-state index in [4.69, 9.17) is 13.3 Å². The van der Waals surface area contributed by atoms with Crippen molar-refractivity contribution in [2.75, 3.05) is 29.4 Å². The summed E-state index contributed by atoms with van der Waals surface area (Å²) >= 11 is 0. The normalized spacial score (nSPS) is 13.0. The highest BCUT2D eigenvalue weighted by Crippen LogP contribution is 2.54. The molecule has 0 amide bonds. The first-order chi connectivity index (χ1) is 72.8. The van der Waals surface area contributed by atoms with E-state index in [-0.39, 0.29) is 0 Å². The van der Waals surface area contributed by atoms with Gasteiger partial charge in [-0.25, -0.2) is 0 Å². The van der Waals surface area contributed by atoms with Gasteiger partial charge in [-0.2, -0.15) is 0 Å². The largest absolute Gasteiger partial charge is 0.456 e. The minimum Gasteiger partial charge on any atom is -0.456 e. The van der Waals surface area contributed by atoms with Crippen LogP contribution in [0.4, 0.5) is 102 Å². The predicted octanol–water partition coefficient (Wildman–Crippen LogP) is 35.1. The zero-order chi connectivity index (χ0) is 99.3. The summed E-state index contributed by atoms with van der Waals surface area (Å²) in [5.74, 6) is 3.10. The van der Waals surface area contributed by atoms with Crippen molar-refractivity contribution in [2.45, 2.75) is 39.3 Å².